The van der Waals surface area contributed by atoms with Gasteiger partial charge in [-0.2, -0.15) is 36.3 Å². The molecule has 0 aliphatic heterocycles. The van der Waals surface area contributed by atoms with E-state index in [2.05, 4.69) is 30.6 Å². The molecule has 6 N–H and O–H groups in total. The van der Waals surface area contributed by atoms with Crippen molar-refractivity contribution in [2.24, 2.45) is 5.73 Å². The Hall–Kier alpha value is -4.28. The van der Waals surface area contributed by atoms with Crippen molar-refractivity contribution in [2.45, 2.75) is 93.9 Å². The standard InChI is InChI=1S/C22H22ClF3N4O3S.C15H20F3N5OS/c1-30(18-15-9-14(10-22(24,25)26)34-19(15)29-20(23)28-18)16-7-13(8-17(16)31)27-21(32)33-11-12-5-3-2-4-6-12;1-20-14-21-12(23(2)10-3-7(19)4-11(10)24)9-5-8(6-15(16,17)18)25-13(9)22-14/h2-6,9,13,16-17,31H,7-8,10-11H2,1H3,(H,27,32);5,7,10-11,24H,3-4,6,19H2,1-2H3,(H,20,21,22)/t13-,16+,17+;7-,10+,11+/m11/s1. The molecule has 0 radical (unpaired) electrons. The second-order valence-corrected chi connectivity index (χ2v) is 17.0. The van der Waals surface area contributed by atoms with Gasteiger partial charge in [-0.3, -0.25) is 0 Å². The number of aliphatic hydroxyl groups excluding tert-OH is 2. The summed E-state index contributed by atoms with van der Waals surface area (Å²) in [6.45, 7) is 0.126. The van der Waals surface area contributed by atoms with Gasteiger partial charge in [0.1, 0.15) is 27.9 Å². The largest absolute Gasteiger partial charge is 0.445 e. The zero-order valence-corrected chi connectivity index (χ0v) is 34.3. The highest BCUT2D eigenvalue weighted by atomic mass is 35.5. The van der Waals surface area contributed by atoms with E-state index >= 15 is 0 Å². The summed E-state index contributed by atoms with van der Waals surface area (Å²) in [5.41, 5.74) is 6.77. The fourth-order valence-corrected chi connectivity index (χ4v) is 9.65. The zero-order valence-electron chi connectivity index (χ0n) is 31.9. The minimum atomic E-state index is -4.35. The number of nitrogens with zero attached hydrogens (tertiary/aromatic N) is 6. The number of fused-ring (bicyclic) bond motifs is 2. The van der Waals surface area contributed by atoms with E-state index in [1.54, 1.807) is 30.9 Å². The number of amides is 1. The first-order chi connectivity index (χ1) is 27.8. The Balaban J connectivity index is 0.000000208. The molecular weight excluding hydrogens is 848 g/mol. The average Bonchev–Trinajstić information content (AvgIpc) is 3.92. The molecule has 59 heavy (non-hydrogen) atoms. The van der Waals surface area contributed by atoms with Crippen molar-refractivity contribution in [3.63, 3.8) is 0 Å². The second-order valence-electron chi connectivity index (χ2n) is 14.5. The van der Waals surface area contributed by atoms with Crippen molar-refractivity contribution in [2.75, 3.05) is 36.3 Å². The summed E-state index contributed by atoms with van der Waals surface area (Å²) < 4.78 is 82.0. The molecule has 6 atom stereocenters. The molecule has 2 saturated carbocycles. The van der Waals surface area contributed by atoms with Crippen LogP contribution in [-0.4, -0.2) is 106 Å². The lowest BCUT2D eigenvalue weighted by molar-refractivity contribution is -0.127. The predicted molar refractivity (Wildman–Crippen MR) is 215 cm³/mol. The maximum atomic E-state index is 12.9. The van der Waals surface area contributed by atoms with Gasteiger partial charge in [-0.15, -0.1) is 22.7 Å². The molecule has 320 valence electrons. The highest BCUT2D eigenvalue weighted by Crippen LogP contribution is 2.39. The first-order valence-electron chi connectivity index (χ1n) is 18.4. The number of carbonyl (C=O) groups excluding carboxylic acids is 1. The van der Waals surface area contributed by atoms with E-state index in [0.717, 1.165) is 28.2 Å². The van der Waals surface area contributed by atoms with Gasteiger partial charge in [-0.1, -0.05) is 30.3 Å². The number of nitrogens with one attached hydrogen (secondary N) is 2. The molecule has 2 aliphatic carbocycles. The van der Waals surface area contributed by atoms with Gasteiger partial charge >= 0.3 is 18.4 Å². The van der Waals surface area contributed by atoms with Crippen molar-refractivity contribution in [1.82, 2.24) is 25.3 Å². The summed E-state index contributed by atoms with van der Waals surface area (Å²) in [6.07, 6.45) is -10.9. The van der Waals surface area contributed by atoms with E-state index in [4.69, 9.17) is 22.1 Å². The van der Waals surface area contributed by atoms with Gasteiger partial charge in [0.2, 0.25) is 11.2 Å². The van der Waals surface area contributed by atoms with Crippen LogP contribution in [0.3, 0.4) is 0 Å². The average molecular weight is 890 g/mol. The number of aliphatic hydroxyl groups is 2. The maximum Gasteiger partial charge on any atom is 0.407 e. The molecule has 4 heterocycles. The summed E-state index contributed by atoms with van der Waals surface area (Å²) in [4.78, 5) is 33.7. The number of ether oxygens (including phenoxy) is 1. The smallest absolute Gasteiger partial charge is 0.407 e. The molecule has 5 aromatic rings. The van der Waals surface area contributed by atoms with Crippen molar-refractivity contribution in [3.05, 3.63) is 63.1 Å². The van der Waals surface area contributed by atoms with E-state index in [1.165, 1.54) is 12.1 Å². The van der Waals surface area contributed by atoms with Gasteiger partial charge in [0, 0.05) is 43.0 Å². The minimum Gasteiger partial charge on any atom is -0.445 e. The first kappa shape index (κ1) is 44.3. The van der Waals surface area contributed by atoms with E-state index in [-0.39, 0.29) is 39.8 Å². The fourth-order valence-electron chi connectivity index (χ4n) is 7.33. The van der Waals surface area contributed by atoms with Crippen LogP contribution in [0.5, 0.6) is 0 Å². The van der Waals surface area contributed by atoms with E-state index in [0.29, 0.717) is 63.7 Å². The number of hydrogen-bond donors (Lipinski definition) is 5. The summed E-state index contributed by atoms with van der Waals surface area (Å²) >= 11 is 7.95. The molecule has 1 amide bonds. The van der Waals surface area contributed by atoms with Crippen molar-refractivity contribution < 1.29 is 46.1 Å². The zero-order chi connectivity index (χ0) is 42.8. The summed E-state index contributed by atoms with van der Waals surface area (Å²) in [6, 6.07) is 11.0. The van der Waals surface area contributed by atoms with Gasteiger partial charge in [-0.25, -0.2) is 14.8 Å². The Morgan fingerprint density at radius 2 is 1.39 bits per heavy atom. The molecule has 1 aromatic carbocycles. The number of hydrogen-bond acceptors (Lipinski definition) is 14. The van der Waals surface area contributed by atoms with Crippen molar-refractivity contribution in [1.29, 1.82) is 0 Å². The van der Waals surface area contributed by atoms with Crippen molar-refractivity contribution in [3.8, 4) is 0 Å². The third kappa shape index (κ3) is 11.3. The summed E-state index contributed by atoms with van der Waals surface area (Å²) in [5.74, 6) is 1.15. The molecular formula is C37H42ClF6N9O4S2. The Morgan fingerprint density at radius 3 is 1.93 bits per heavy atom. The van der Waals surface area contributed by atoms with E-state index in [9.17, 15) is 41.4 Å². The number of alkyl halides is 6. The first-order valence-corrected chi connectivity index (χ1v) is 20.4. The number of alkyl carbamates (subject to hydrolysis) is 1. The number of carbonyl (C=O) groups is 1. The van der Waals surface area contributed by atoms with Crippen LogP contribution in [0.2, 0.25) is 5.28 Å². The van der Waals surface area contributed by atoms with Crippen LogP contribution in [0.25, 0.3) is 20.4 Å². The highest BCUT2D eigenvalue weighted by Gasteiger charge is 2.39. The van der Waals surface area contributed by atoms with Crippen molar-refractivity contribution >= 4 is 78.4 Å². The lowest BCUT2D eigenvalue weighted by Gasteiger charge is -2.28. The predicted octanol–water partition coefficient (Wildman–Crippen LogP) is 6.83. The quantitative estimate of drug-likeness (QED) is 0.0732. The Morgan fingerprint density at radius 1 is 0.847 bits per heavy atom. The highest BCUT2D eigenvalue weighted by molar-refractivity contribution is 7.19. The monoisotopic (exact) mass is 889 g/mol. The molecule has 0 bridgehead atoms. The number of rotatable bonds is 10. The molecule has 13 nitrogen and oxygen atoms in total. The van der Waals surface area contributed by atoms with Gasteiger partial charge in [0.15, 0.2) is 0 Å². The third-order valence-corrected chi connectivity index (χ3v) is 12.2. The Bertz CT molecular complexity index is 2230. The Labute approximate surface area is 347 Å². The van der Waals surface area contributed by atoms with Crippen LogP contribution in [0, 0.1) is 0 Å². The van der Waals surface area contributed by atoms with E-state index in [1.807, 2.05) is 30.3 Å². The molecule has 0 saturated heterocycles. The fraction of sp³-hybridized carbons (Fsp3) is 0.486. The molecule has 0 unspecified atom stereocenters. The molecule has 4 aromatic heterocycles. The summed E-state index contributed by atoms with van der Waals surface area (Å²) in [7, 11) is 5.10. The SMILES string of the molecule is CN(c1nc(Cl)nc2sc(CC(F)(F)F)cc12)[C@H]1C[C@@H](NC(=O)OCc2ccccc2)C[C@@H]1O.CNc1nc(N(C)[C@H]2C[C@@H](N)C[C@@H]2O)c2cc(CC(F)(F)F)sc2n1. The van der Waals surface area contributed by atoms with Gasteiger partial charge in [0.05, 0.1) is 47.9 Å². The molecule has 0 spiro atoms. The second kappa shape index (κ2) is 18.1. The summed E-state index contributed by atoms with van der Waals surface area (Å²) in [5, 5.41) is 27.4. The number of likely N-dealkylation sites (N-methyl/N-ethyl adjacent to an activating group) is 2. The van der Waals surface area contributed by atoms with Crippen LogP contribution in [0.4, 0.5) is 48.7 Å². The minimum absolute atomic E-state index is 0.0959. The normalized spacial score (nSPS) is 22.0. The lowest BCUT2D eigenvalue weighted by atomic mass is 10.1. The number of anilines is 3. The molecule has 7 rings (SSSR count). The number of nitrogens with two attached hydrogens (primary N) is 1. The van der Waals surface area contributed by atoms with Crippen LogP contribution < -0.4 is 26.2 Å². The number of aromatic nitrogens is 4. The van der Waals surface area contributed by atoms with Crippen LogP contribution in [-0.2, 0) is 24.2 Å². The maximum absolute atomic E-state index is 12.9. The van der Waals surface area contributed by atoms with Gasteiger partial charge in [-0.05, 0) is 55.0 Å². The molecule has 2 aliphatic rings. The number of benzene rings is 1. The molecule has 22 heteroatoms. The van der Waals surface area contributed by atoms with Gasteiger partial charge in [0.25, 0.3) is 0 Å². The number of thiophene rings is 2. The van der Waals surface area contributed by atoms with Crippen LogP contribution in [0.15, 0.2) is 42.5 Å². The molecule has 2 fully saturated rings. The lowest BCUT2D eigenvalue weighted by Crippen LogP contribution is -2.39. The topological polar surface area (TPSA) is 175 Å². The van der Waals surface area contributed by atoms with Crippen LogP contribution >= 0.6 is 34.3 Å². The third-order valence-electron chi connectivity index (χ3n) is 10.0. The Kier molecular flexibility index (Phi) is 13.6. The van der Waals surface area contributed by atoms with Crippen LogP contribution in [0.1, 0.15) is 41.0 Å². The van der Waals surface area contributed by atoms with Gasteiger partial charge < -0.3 is 41.1 Å². The number of halogens is 7. The van der Waals surface area contributed by atoms with E-state index < -0.39 is 49.5 Å².